The summed E-state index contributed by atoms with van der Waals surface area (Å²) in [6.07, 6.45) is 2.05. The zero-order valence-corrected chi connectivity index (χ0v) is 16.1. The maximum absolute atomic E-state index is 13.9. The van der Waals surface area contributed by atoms with Crippen molar-refractivity contribution in [3.63, 3.8) is 0 Å². The molecule has 0 spiro atoms. The van der Waals surface area contributed by atoms with Crippen molar-refractivity contribution in [2.24, 2.45) is 0 Å². The Kier molecular flexibility index (Phi) is 5.64. The smallest absolute Gasteiger partial charge is 0.229 e. The SMILES string of the molecule is O=C(CCc1cc(F)ccc1F)N(CC1CCCO1)c1nc2ccccc2s1. The number of para-hydroxylation sites is 1. The van der Waals surface area contributed by atoms with Crippen LogP contribution in [-0.2, 0) is 16.0 Å². The van der Waals surface area contributed by atoms with Gasteiger partial charge in [0.15, 0.2) is 5.13 Å². The highest BCUT2D eigenvalue weighted by atomic mass is 32.1. The Balaban J connectivity index is 1.55. The van der Waals surface area contributed by atoms with Crippen LogP contribution in [0.2, 0.25) is 0 Å². The van der Waals surface area contributed by atoms with Gasteiger partial charge in [0.1, 0.15) is 11.6 Å². The molecule has 1 aromatic heterocycles. The molecular formula is C21H20F2N2O2S. The van der Waals surface area contributed by atoms with Gasteiger partial charge < -0.3 is 4.74 Å². The van der Waals surface area contributed by atoms with Crippen molar-refractivity contribution in [3.8, 4) is 0 Å². The second-order valence-electron chi connectivity index (χ2n) is 6.84. The summed E-state index contributed by atoms with van der Waals surface area (Å²) in [6, 6.07) is 11.0. The molecule has 0 aliphatic carbocycles. The van der Waals surface area contributed by atoms with Crippen molar-refractivity contribution in [1.29, 1.82) is 0 Å². The van der Waals surface area contributed by atoms with E-state index in [1.807, 2.05) is 24.3 Å². The molecule has 1 atom stereocenters. The van der Waals surface area contributed by atoms with Crippen molar-refractivity contribution in [2.45, 2.75) is 31.8 Å². The van der Waals surface area contributed by atoms with E-state index in [0.29, 0.717) is 18.3 Å². The monoisotopic (exact) mass is 402 g/mol. The number of carbonyl (C=O) groups is 1. The highest BCUT2D eigenvalue weighted by molar-refractivity contribution is 7.22. The number of hydrogen-bond donors (Lipinski definition) is 0. The number of anilines is 1. The Morgan fingerprint density at radius 1 is 1.25 bits per heavy atom. The number of benzene rings is 2. The van der Waals surface area contributed by atoms with Gasteiger partial charge in [0.2, 0.25) is 5.91 Å². The third-order valence-electron chi connectivity index (χ3n) is 4.84. The molecule has 1 fully saturated rings. The van der Waals surface area contributed by atoms with Crippen molar-refractivity contribution in [1.82, 2.24) is 4.98 Å². The van der Waals surface area contributed by atoms with E-state index in [4.69, 9.17) is 4.74 Å². The summed E-state index contributed by atoms with van der Waals surface area (Å²) in [5.74, 6) is -1.18. The molecular weight excluding hydrogens is 382 g/mol. The van der Waals surface area contributed by atoms with Crippen LogP contribution in [0.5, 0.6) is 0 Å². The molecule has 0 radical (unpaired) electrons. The Morgan fingerprint density at radius 3 is 2.89 bits per heavy atom. The summed E-state index contributed by atoms with van der Waals surface area (Å²) in [4.78, 5) is 19.2. The lowest BCUT2D eigenvalue weighted by Crippen LogP contribution is -2.37. The predicted molar refractivity (Wildman–Crippen MR) is 106 cm³/mol. The second kappa shape index (κ2) is 8.32. The molecule has 1 aliphatic heterocycles. The van der Waals surface area contributed by atoms with E-state index >= 15 is 0 Å². The standard InChI is InChI=1S/C21H20F2N2O2S/c22-15-8-9-17(23)14(12-15)7-10-20(26)25(13-16-4-3-11-27-16)21-24-18-5-1-2-6-19(18)28-21/h1-2,5-6,8-9,12,16H,3-4,7,10-11,13H2. The fraction of sp³-hybridized carbons (Fsp3) is 0.333. The number of aromatic nitrogens is 1. The van der Waals surface area contributed by atoms with Crippen LogP contribution in [0.15, 0.2) is 42.5 Å². The van der Waals surface area contributed by atoms with Crippen LogP contribution in [0.3, 0.4) is 0 Å². The van der Waals surface area contributed by atoms with Gasteiger partial charge in [-0.15, -0.1) is 0 Å². The van der Waals surface area contributed by atoms with Gasteiger partial charge in [0.05, 0.1) is 22.9 Å². The molecule has 1 saturated heterocycles. The number of rotatable bonds is 6. The Labute approximate surface area is 165 Å². The molecule has 28 heavy (non-hydrogen) atoms. The van der Waals surface area contributed by atoms with Crippen LogP contribution >= 0.6 is 11.3 Å². The maximum Gasteiger partial charge on any atom is 0.229 e. The molecule has 1 aliphatic rings. The fourth-order valence-electron chi connectivity index (χ4n) is 3.37. The highest BCUT2D eigenvalue weighted by Crippen LogP contribution is 2.30. The zero-order chi connectivity index (χ0) is 19.5. The summed E-state index contributed by atoms with van der Waals surface area (Å²) < 4.78 is 34.0. The minimum atomic E-state index is -0.508. The Bertz CT molecular complexity index is 952. The molecule has 4 nitrogen and oxygen atoms in total. The Hall–Kier alpha value is -2.38. The van der Waals surface area contributed by atoms with Crippen LogP contribution in [0.1, 0.15) is 24.8 Å². The number of amides is 1. The summed E-state index contributed by atoms with van der Waals surface area (Å²) >= 11 is 1.45. The lowest BCUT2D eigenvalue weighted by Gasteiger charge is -2.23. The van der Waals surface area contributed by atoms with Crippen LogP contribution in [-0.4, -0.2) is 30.1 Å². The summed E-state index contributed by atoms with van der Waals surface area (Å²) in [7, 11) is 0. The number of thiazole rings is 1. The summed E-state index contributed by atoms with van der Waals surface area (Å²) in [5, 5.41) is 0.612. The number of carbonyl (C=O) groups excluding carboxylic acids is 1. The summed E-state index contributed by atoms with van der Waals surface area (Å²) in [6.45, 7) is 1.12. The molecule has 2 aromatic carbocycles. The third-order valence-corrected chi connectivity index (χ3v) is 5.90. The van der Waals surface area contributed by atoms with Crippen LogP contribution in [0.4, 0.5) is 13.9 Å². The molecule has 0 bridgehead atoms. The normalized spacial score (nSPS) is 16.6. The van der Waals surface area contributed by atoms with Crippen molar-refractivity contribution < 1.29 is 18.3 Å². The topological polar surface area (TPSA) is 42.4 Å². The minimum absolute atomic E-state index is 0.0260. The van der Waals surface area contributed by atoms with E-state index in [2.05, 4.69) is 4.98 Å². The van der Waals surface area contributed by atoms with Gasteiger partial charge in [-0.05, 0) is 55.2 Å². The molecule has 2 heterocycles. The number of fused-ring (bicyclic) bond motifs is 1. The van der Waals surface area contributed by atoms with Crippen molar-refractivity contribution in [3.05, 3.63) is 59.7 Å². The highest BCUT2D eigenvalue weighted by Gasteiger charge is 2.26. The average Bonchev–Trinajstić information content (AvgIpc) is 3.35. The van der Waals surface area contributed by atoms with E-state index in [-0.39, 0.29) is 30.4 Å². The predicted octanol–water partition coefficient (Wildman–Crippen LogP) is 4.72. The van der Waals surface area contributed by atoms with E-state index in [1.165, 1.54) is 11.3 Å². The number of halogens is 2. The van der Waals surface area contributed by atoms with Crippen LogP contribution in [0, 0.1) is 11.6 Å². The van der Waals surface area contributed by atoms with Gasteiger partial charge in [-0.1, -0.05) is 23.5 Å². The molecule has 1 unspecified atom stereocenters. The first-order chi connectivity index (χ1) is 13.6. The minimum Gasteiger partial charge on any atom is -0.376 e. The Morgan fingerprint density at radius 2 is 2.11 bits per heavy atom. The number of nitrogens with zero attached hydrogens (tertiary/aromatic N) is 2. The largest absolute Gasteiger partial charge is 0.376 e. The molecule has 0 N–H and O–H groups in total. The molecule has 4 rings (SSSR count). The quantitative estimate of drug-likeness (QED) is 0.599. The zero-order valence-electron chi connectivity index (χ0n) is 15.2. The number of aryl methyl sites for hydroxylation is 1. The van der Waals surface area contributed by atoms with E-state index in [0.717, 1.165) is 41.3 Å². The second-order valence-corrected chi connectivity index (χ2v) is 7.85. The molecule has 0 saturated carbocycles. The summed E-state index contributed by atoms with van der Waals surface area (Å²) in [5.41, 5.74) is 1.04. The number of ether oxygens (including phenoxy) is 1. The third kappa shape index (κ3) is 4.20. The molecule has 1 amide bonds. The van der Waals surface area contributed by atoms with Gasteiger partial charge in [-0.3, -0.25) is 9.69 Å². The lowest BCUT2D eigenvalue weighted by molar-refractivity contribution is -0.119. The first kappa shape index (κ1) is 19.0. The number of hydrogen-bond acceptors (Lipinski definition) is 4. The lowest BCUT2D eigenvalue weighted by atomic mass is 10.1. The molecule has 3 aromatic rings. The van der Waals surface area contributed by atoms with Crippen molar-refractivity contribution in [2.75, 3.05) is 18.1 Å². The van der Waals surface area contributed by atoms with Crippen LogP contribution in [0.25, 0.3) is 10.2 Å². The van der Waals surface area contributed by atoms with Gasteiger partial charge in [-0.25, -0.2) is 13.8 Å². The molecule has 7 heteroatoms. The van der Waals surface area contributed by atoms with Crippen molar-refractivity contribution >= 4 is 32.6 Å². The van der Waals surface area contributed by atoms with Gasteiger partial charge in [0, 0.05) is 13.0 Å². The first-order valence-electron chi connectivity index (χ1n) is 9.31. The van der Waals surface area contributed by atoms with E-state index in [1.54, 1.807) is 4.90 Å². The van der Waals surface area contributed by atoms with E-state index < -0.39 is 11.6 Å². The van der Waals surface area contributed by atoms with Gasteiger partial charge >= 0.3 is 0 Å². The maximum atomic E-state index is 13.9. The first-order valence-corrected chi connectivity index (χ1v) is 10.1. The van der Waals surface area contributed by atoms with E-state index in [9.17, 15) is 13.6 Å². The fourth-order valence-corrected chi connectivity index (χ4v) is 4.36. The van der Waals surface area contributed by atoms with Crippen LogP contribution < -0.4 is 4.90 Å². The molecule has 146 valence electrons. The van der Waals surface area contributed by atoms with Gasteiger partial charge in [0.25, 0.3) is 0 Å². The average molecular weight is 402 g/mol. The van der Waals surface area contributed by atoms with Gasteiger partial charge in [-0.2, -0.15) is 0 Å².